The number of rotatable bonds is 5. The third kappa shape index (κ3) is 3.78. The summed E-state index contributed by atoms with van der Waals surface area (Å²) in [6.45, 7) is 0.528. The molecule has 2 aromatic heterocycles. The largest absolute Gasteiger partial charge is 0.489 e. The maximum atomic E-state index is 13.0. The standard InChI is InChI=1S/C24H21N3O2S/c28-24-22-20-8-4-5-9-21(20)30-23(22)25-16-27(24)26-14-17-10-12-19(13-11-17)29-15-18-6-2-1-3-7-18/h1-3,6-7,10-14,16H,4-5,8-9,15H2. The topological polar surface area (TPSA) is 56.5 Å². The summed E-state index contributed by atoms with van der Waals surface area (Å²) in [6.07, 6.45) is 7.53. The van der Waals surface area contributed by atoms with Crippen LogP contribution in [0.5, 0.6) is 5.75 Å². The van der Waals surface area contributed by atoms with E-state index in [2.05, 4.69) is 10.1 Å². The van der Waals surface area contributed by atoms with Gasteiger partial charge in [-0.05, 0) is 66.6 Å². The number of aromatic nitrogens is 2. The summed E-state index contributed by atoms with van der Waals surface area (Å²) >= 11 is 1.65. The number of ether oxygens (including phenoxy) is 1. The molecule has 5 rings (SSSR count). The van der Waals surface area contributed by atoms with Gasteiger partial charge in [0.1, 0.15) is 23.5 Å². The van der Waals surface area contributed by atoms with Crippen LogP contribution in [0.15, 0.2) is 70.8 Å². The van der Waals surface area contributed by atoms with E-state index < -0.39 is 0 Å². The van der Waals surface area contributed by atoms with Crippen LogP contribution >= 0.6 is 11.3 Å². The zero-order chi connectivity index (χ0) is 20.3. The van der Waals surface area contributed by atoms with Crippen molar-refractivity contribution in [3.05, 3.63) is 92.8 Å². The second kappa shape index (κ2) is 8.24. The van der Waals surface area contributed by atoms with Gasteiger partial charge in [-0.25, -0.2) is 4.98 Å². The lowest BCUT2D eigenvalue weighted by Gasteiger charge is -2.09. The van der Waals surface area contributed by atoms with Gasteiger partial charge in [0.2, 0.25) is 0 Å². The van der Waals surface area contributed by atoms with E-state index in [1.165, 1.54) is 27.9 Å². The van der Waals surface area contributed by atoms with Gasteiger partial charge in [0.25, 0.3) is 5.56 Å². The minimum atomic E-state index is -0.0848. The quantitative estimate of drug-likeness (QED) is 0.440. The first-order valence-electron chi connectivity index (χ1n) is 10.1. The van der Waals surface area contributed by atoms with Gasteiger partial charge in [-0.3, -0.25) is 4.79 Å². The van der Waals surface area contributed by atoms with Crippen LogP contribution in [-0.2, 0) is 19.4 Å². The van der Waals surface area contributed by atoms with Crippen molar-refractivity contribution in [2.24, 2.45) is 5.10 Å². The van der Waals surface area contributed by atoms with Gasteiger partial charge in [0.05, 0.1) is 11.6 Å². The normalized spacial score (nSPS) is 13.6. The molecule has 4 aromatic rings. The van der Waals surface area contributed by atoms with E-state index in [0.717, 1.165) is 46.4 Å². The third-order valence-corrected chi connectivity index (χ3v) is 6.52. The monoisotopic (exact) mass is 415 g/mol. The number of benzene rings is 2. The van der Waals surface area contributed by atoms with Gasteiger partial charge in [0, 0.05) is 4.88 Å². The summed E-state index contributed by atoms with van der Waals surface area (Å²) in [6, 6.07) is 17.7. The van der Waals surface area contributed by atoms with Crippen LogP contribution in [0, 0.1) is 0 Å². The molecule has 0 unspecified atom stereocenters. The van der Waals surface area contributed by atoms with Gasteiger partial charge >= 0.3 is 0 Å². The van der Waals surface area contributed by atoms with Crippen molar-refractivity contribution in [2.45, 2.75) is 32.3 Å². The van der Waals surface area contributed by atoms with E-state index in [0.29, 0.717) is 6.61 Å². The number of fused-ring (bicyclic) bond motifs is 3. The maximum absolute atomic E-state index is 13.0. The lowest BCUT2D eigenvalue weighted by molar-refractivity contribution is 0.306. The molecule has 0 spiro atoms. The Morgan fingerprint density at radius 2 is 1.87 bits per heavy atom. The molecular weight excluding hydrogens is 394 g/mol. The molecule has 0 bridgehead atoms. The number of thiophene rings is 1. The van der Waals surface area contributed by atoms with Crippen molar-refractivity contribution in [3.63, 3.8) is 0 Å². The van der Waals surface area contributed by atoms with Crippen LogP contribution in [-0.4, -0.2) is 15.9 Å². The molecule has 1 aliphatic rings. The molecule has 1 aliphatic carbocycles. The number of hydrogen-bond donors (Lipinski definition) is 0. The molecule has 2 aromatic carbocycles. The predicted molar refractivity (Wildman–Crippen MR) is 121 cm³/mol. The number of aryl methyl sites for hydroxylation is 2. The van der Waals surface area contributed by atoms with Crippen molar-refractivity contribution in [1.29, 1.82) is 0 Å². The van der Waals surface area contributed by atoms with Crippen molar-refractivity contribution in [3.8, 4) is 5.75 Å². The van der Waals surface area contributed by atoms with E-state index in [-0.39, 0.29) is 5.56 Å². The Morgan fingerprint density at radius 3 is 2.70 bits per heavy atom. The van der Waals surface area contributed by atoms with Crippen molar-refractivity contribution in [2.75, 3.05) is 0 Å². The van der Waals surface area contributed by atoms with Gasteiger partial charge in [-0.15, -0.1) is 11.3 Å². The van der Waals surface area contributed by atoms with Crippen LogP contribution in [0.3, 0.4) is 0 Å². The van der Waals surface area contributed by atoms with E-state index in [4.69, 9.17) is 4.74 Å². The zero-order valence-corrected chi connectivity index (χ0v) is 17.3. The van der Waals surface area contributed by atoms with Gasteiger partial charge < -0.3 is 4.74 Å². The Kier molecular flexibility index (Phi) is 5.15. The highest BCUT2D eigenvalue weighted by Gasteiger charge is 2.19. The first-order valence-corrected chi connectivity index (χ1v) is 10.9. The summed E-state index contributed by atoms with van der Waals surface area (Å²) in [5.41, 5.74) is 3.11. The minimum absolute atomic E-state index is 0.0848. The van der Waals surface area contributed by atoms with Crippen LogP contribution in [0.25, 0.3) is 10.2 Å². The van der Waals surface area contributed by atoms with Crippen molar-refractivity contribution in [1.82, 2.24) is 9.66 Å². The molecule has 5 nitrogen and oxygen atoms in total. The summed E-state index contributed by atoms with van der Waals surface area (Å²) in [5.74, 6) is 0.793. The Bertz CT molecular complexity index is 1260. The fourth-order valence-corrected chi connectivity index (χ4v) is 4.96. The Morgan fingerprint density at radius 1 is 1.07 bits per heavy atom. The highest BCUT2D eigenvalue weighted by atomic mass is 32.1. The van der Waals surface area contributed by atoms with Gasteiger partial charge in [-0.1, -0.05) is 30.3 Å². The second-order valence-corrected chi connectivity index (χ2v) is 8.46. The average molecular weight is 416 g/mol. The van der Waals surface area contributed by atoms with Crippen LogP contribution in [0.1, 0.15) is 34.4 Å². The fourth-order valence-electron chi connectivity index (χ4n) is 3.74. The predicted octanol–water partition coefficient (Wildman–Crippen LogP) is 4.80. The molecule has 30 heavy (non-hydrogen) atoms. The molecule has 2 heterocycles. The van der Waals surface area contributed by atoms with Crippen LogP contribution in [0.2, 0.25) is 0 Å². The molecule has 0 atom stereocenters. The fraction of sp³-hybridized carbons (Fsp3) is 0.208. The highest BCUT2D eigenvalue weighted by molar-refractivity contribution is 7.18. The summed E-state index contributed by atoms with van der Waals surface area (Å²) in [7, 11) is 0. The maximum Gasteiger partial charge on any atom is 0.282 e. The van der Waals surface area contributed by atoms with E-state index >= 15 is 0 Å². The molecule has 0 amide bonds. The molecule has 0 N–H and O–H groups in total. The first kappa shape index (κ1) is 18.8. The Labute approximate surface area is 178 Å². The molecule has 0 fully saturated rings. The molecular formula is C24H21N3O2S. The first-order chi connectivity index (χ1) is 14.8. The van der Waals surface area contributed by atoms with Crippen molar-refractivity contribution < 1.29 is 4.74 Å². The molecule has 0 aliphatic heterocycles. The van der Waals surface area contributed by atoms with Gasteiger partial charge in [0.15, 0.2) is 0 Å². The average Bonchev–Trinajstić information content (AvgIpc) is 3.18. The second-order valence-electron chi connectivity index (χ2n) is 7.37. The molecule has 6 heteroatoms. The zero-order valence-electron chi connectivity index (χ0n) is 16.5. The lowest BCUT2D eigenvalue weighted by Crippen LogP contribution is -2.18. The van der Waals surface area contributed by atoms with E-state index in [1.54, 1.807) is 17.6 Å². The molecule has 0 radical (unpaired) electrons. The molecule has 0 saturated carbocycles. The third-order valence-electron chi connectivity index (χ3n) is 5.32. The minimum Gasteiger partial charge on any atom is -0.489 e. The lowest BCUT2D eigenvalue weighted by atomic mass is 9.97. The smallest absolute Gasteiger partial charge is 0.282 e. The Balaban J connectivity index is 1.33. The number of hydrogen-bond acceptors (Lipinski definition) is 5. The summed E-state index contributed by atoms with van der Waals surface area (Å²) < 4.78 is 7.15. The van der Waals surface area contributed by atoms with Gasteiger partial charge in [-0.2, -0.15) is 9.78 Å². The van der Waals surface area contributed by atoms with Crippen LogP contribution in [0.4, 0.5) is 0 Å². The van der Waals surface area contributed by atoms with E-state index in [9.17, 15) is 4.79 Å². The summed E-state index contributed by atoms with van der Waals surface area (Å²) in [5, 5.41) is 5.11. The molecule has 150 valence electrons. The molecule has 0 saturated heterocycles. The van der Waals surface area contributed by atoms with Crippen LogP contribution < -0.4 is 10.3 Å². The van der Waals surface area contributed by atoms with E-state index in [1.807, 2.05) is 54.6 Å². The number of nitrogens with zero attached hydrogens (tertiary/aromatic N) is 3. The van der Waals surface area contributed by atoms with Crippen molar-refractivity contribution >= 4 is 27.8 Å². The summed E-state index contributed by atoms with van der Waals surface area (Å²) in [4.78, 5) is 19.6. The Hall–Kier alpha value is -3.25. The highest BCUT2D eigenvalue weighted by Crippen LogP contribution is 2.33. The SMILES string of the molecule is O=c1c2c3c(sc2ncn1N=Cc1ccc(OCc2ccccc2)cc1)CCCC3.